The van der Waals surface area contributed by atoms with Gasteiger partial charge in [0.15, 0.2) is 0 Å². The molecule has 0 aromatic carbocycles. The van der Waals surface area contributed by atoms with Gasteiger partial charge in [-0.2, -0.15) is 5.10 Å². The van der Waals surface area contributed by atoms with E-state index < -0.39 is 0 Å². The maximum Gasteiger partial charge on any atom is 0.0831 e. The Bertz CT molecular complexity index is 448. The van der Waals surface area contributed by atoms with Crippen molar-refractivity contribution in [2.24, 2.45) is 0 Å². The third kappa shape index (κ3) is 2.73. The van der Waals surface area contributed by atoms with Crippen molar-refractivity contribution in [3.8, 4) is 5.69 Å². The van der Waals surface area contributed by atoms with Crippen LogP contribution in [0, 0.1) is 0 Å². The summed E-state index contributed by atoms with van der Waals surface area (Å²) in [5, 5.41) is 4.24. The molecule has 2 aromatic heterocycles. The van der Waals surface area contributed by atoms with Gasteiger partial charge in [0.25, 0.3) is 0 Å². The highest BCUT2D eigenvalue weighted by Crippen LogP contribution is 2.25. The first-order chi connectivity index (χ1) is 8.35. The second-order valence-corrected chi connectivity index (χ2v) is 4.32. The first-order valence-corrected chi connectivity index (χ1v) is 6.30. The molecule has 3 heteroatoms. The van der Waals surface area contributed by atoms with Crippen molar-refractivity contribution in [3.63, 3.8) is 0 Å². The molecule has 0 radical (unpaired) electrons. The van der Waals surface area contributed by atoms with Gasteiger partial charge in [-0.05, 0) is 36.5 Å². The Balaban J connectivity index is 2.27. The van der Waals surface area contributed by atoms with E-state index in [9.17, 15) is 0 Å². The highest BCUT2D eigenvalue weighted by molar-refractivity contribution is 5.32. The number of rotatable bonds is 5. The van der Waals surface area contributed by atoms with E-state index in [2.05, 4.69) is 30.0 Å². The molecule has 0 aliphatic rings. The van der Waals surface area contributed by atoms with Crippen LogP contribution >= 0.6 is 0 Å². The Morgan fingerprint density at radius 3 is 2.82 bits per heavy atom. The van der Waals surface area contributed by atoms with Gasteiger partial charge >= 0.3 is 0 Å². The Labute approximate surface area is 103 Å². The number of aromatic nitrogens is 3. The summed E-state index contributed by atoms with van der Waals surface area (Å²) in [7, 11) is 0. The molecule has 2 heterocycles. The van der Waals surface area contributed by atoms with Crippen LogP contribution in [0.25, 0.3) is 5.69 Å². The van der Waals surface area contributed by atoms with E-state index in [4.69, 9.17) is 0 Å². The molecule has 90 valence electrons. The van der Waals surface area contributed by atoms with Crippen LogP contribution in [0.5, 0.6) is 0 Å². The molecule has 0 fully saturated rings. The van der Waals surface area contributed by atoms with Gasteiger partial charge in [0.05, 0.1) is 11.9 Å². The van der Waals surface area contributed by atoms with E-state index in [0.717, 1.165) is 12.1 Å². The lowest BCUT2D eigenvalue weighted by atomic mass is 9.93. The summed E-state index contributed by atoms with van der Waals surface area (Å²) in [4.78, 5) is 4.33. The molecule has 3 nitrogen and oxygen atoms in total. The van der Waals surface area contributed by atoms with Crippen LogP contribution in [0.3, 0.4) is 0 Å². The molecule has 0 N–H and O–H groups in total. The van der Waals surface area contributed by atoms with Gasteiger partial charge < -0.3 is 0 Å². The number of nitrogens with zero attached hydrogens (tertiary/aromatic N) is 3. The van der Waals surface area contributed by atoms with Gasteiger partial charge in [-0.25, -0.2) is 4.68 Å². The van der Waals surface area contributed by atoms with Crippen LogP contribution in [0.2, 0.25) is 0 Å². The van der Waals surface area contributed by atoms with Crippen LogP contribution in [0.15, 0.2) is 36.9 Å². The van der Waals surface area contributed by atoms with Crippen LogP contribution in [-0.2, 0) is 0 Å². The van der Waals surface area contributed by atoms with Gasteiger partial charge in [0.2, 0.25) is 0 Å². The van der Waals surface area contributed by atoms with Gasteiger partial charge in [-0.15, -0.1) is 0 Å². The molecule has 0 saturated carbocycles. The maximum absolute atomic E-state index is 4.33. The van der Waals surface area contributed by atoms with E-state index in [1.165, 1.54) is 18.4 Å². The SMILES string of the molecule is CCCC(CC)c1cncc(-n2cccn2)c1. The Kier molecular flexibility index (Phi) is 3.91. The molecule has 2 rings (SSSR count). The Hall–Kier alpha value is -1.64. The average Bonchev–Trinajstić information content (AvgIpc) is 2.90. The predicted molar refractivity (Wildman–Crippen MR) is 69.3 cm³/mol. The van der Waals surface area contributed by atoms with E-state index in [0.29, 0.717) is 5.92 Å². The predicted octanol–water partition coefficient (Wildman–Crippen LogP) is 3.56. The zero-order valence-electron chi connectivity index (χ0n) is 10.5. The molecule has 1 atom stereocenters. The van der Waals surface area contributed by atoms with Crippen LogP contribution in [0.4, 0.5) is 0 Å². The number of hydrogen-bond donors (Lipinski definition) is 0. The minimum Gasteiger partial charge on any atom is -0.262 e. The number of hydrogen-bond acceptors (Lipinski definition) is 2. The number of pyridine rings is 1. The van der Waals surface area contributed by atoms with Crippen LogP contribution in [0.1, 0.15) is 44.6 Å². The molecule has 0 amide bonds. The Morgan fingerprint density at radius 1 is 1.29 bits per heavy atom. The van der Waals surface area contributed by atoms with Crippen molar-refractivity contribution in [3.05, 3.63) is 42.5 Å². The molecule has 1 unspecified atom stereocenters. The summed E-state index contributed by atoms with van der Waals surface area (Å²) in [6, 6.07) is 4.12. The van der Waals surface area contributed by atoms with Crippen molar-refractivity contribution in [1.82, 2.24) is 14.8 Å². The highest BCUT2D eigenvalue weighted by atomic mass is 15.3. The van der Waals surface area contributed by atoms with Gasteiger partial charge in [0.1, 0.15) is 0 Å². The fraction of sp³-hybridized carbons (Fsp3) is 0.429. The lowest BCUT2D eigenvalue weighted by Crippen LogP contribution is -2.01. The van der Waals surface area contributed by atoms with Crippen molar-refractivity contribution < 1.29 is 0 Å². The zero-order chi connectivity index (χ0) is 12.1. The standard InChI is InChI=1S/C14H19N3/c1-3-6-12(4-2)13-9-14(11-15-10-13)17-8-5-7-16-17/h5,7-12H,3-4,6H2,1-2H3. The molecule has 0 aliphatic carbocycles. The summed E-state index contributed by atoms with van der Waals surface area (Å²) in [5.74, 6) is 0.614. The first kappa shape index (κ1) is 11.8. The summed E-state index contributed by atoms with van der Waals surface area (Å²) in [5.41, 5.74) is 2.37. The third-order valence-corrected chi connectivity index (χ3v) is 3.12. The lowest BCUT2D eigenvalue weighted by Gasteiger charge is -2.14. The fourth-order valence-electron chi connectivity index (χ4n) is 2.17. The topological polar surface area (TPSA) is 30.7 Å². The normalized spacial score (nSPS) is 12.6. The minimum absolute atomic E-state index is 0.614. The maximum atomic E-state index is 4.33. The van der Waals surface area contributed by atoms with E-state index in [-0.39, 0.29) is 0 Å². The molecule has 0 saturated heterocycles. The summed E-state index contributed by atoms with van der Waals surface area (Å²) in [6.07, 6.45) is 11.2. The second kappa shape index (κ2) is 5.62. The van der Waals surface area contributed by atoms with Crippen LogP contribution in [-0.4, -0.2) is 14.8 Å². The quantitative estimate of drug-likeness (QED) is 0.784. The molecule has 0 aliphatic heterocycles. The van der Waals surface area contributed by atoms with Gasteiger partial charge in [-0.1, -0.05) is 20.3 Å². The molecule has 2 aromatic rings. The summed E-state index contributed by atoms with van der Waals surface area (Å²) in [6.45, 7) is 4.47. The van der Waals surface area contributed by atoms with Crippen LogP contribution < -0.4 is 0 Å². The summed E-state index contributed by atoms with van der Waals surface area (Å²) < 4.78 is 1.86. The second-order valence-electron chi connectivity index (χ2n) is 4.32. The molecular formula is C14H19N3. The van der Waals surface area contributed by atoms with Crippen molar-refractivity contribution in [2.75, 3.05) is 0 Å². The Morgan fingerprint density at radius 2 is 2.18 bits per heavy atom. The molecular weight excluding hydrogens is 210 g/mol. The minimum atomic E-state index is 0.614. The monoisotopic (exact) mass is 229 g/mol. The molecule has 0 spiro atoms. The summed E-state index contributed by atoms with van der Waals surface area (Å²) >= 11 is 0. The first-order valence-electron chi connectivity index (χ1n) is 6.30. The molecule has 0 bridgehead atoms. The van der Waals surface area contributed by atoms with Crippen molar-refractivity contribution in [2.45, 2.75) is 39.0 Å². The fourth-order valence-corrected chi connectivity index (χ4v) is 2.17. The largest absolute Gasteiger partial charge is 0.262 e. The van der Waals surface area contributed by atoms with Crippen molar-refractivity contribution in [1.29, 1.82) is 0 Å². The zero-order valence-corrected chi connectivity index (χ0v) is 10.5. The lowest BCUT2D eigenvalue weighted by molar-refractivity contribution is 0.593. The van der Waals surface area contributed by atoms with E-state index in [1.807, 2.05) is 29.3 Å². The molecule has 17 heavy (non-hydrogen) atoms. The third-order valence-electron chi connectivity index (χ3n) is 3.12. The average molecular weight is 229 g/mol. The highest BCUT2D eigenvalue weighted by Gasteiger charge is 2.09. The van der Waals surface area contributed by atoms with Gasteiger partial charge in [0, 0.05) is 18.6 Å². The smallest absolute Gasteiger partial charge is 0.0831 e. The van der Waals surface area contributed by atoms with E-state index >= 15 is 0 Å². The van der Waals surface area contributed by atoms with Crippen molar-refractivity contribution >= 4 is 0 Å². The van der Waals surface area contributed by atoms with Gasteiger partial charge in [-0.3, -0.25) is 4.98 Å². The van der Waals surface area contributed by atoms with E-state index in [1.54, 1.807) is 6.20 Å².